The smallest absolute Gasteiger partial charge is 0.223 e. The molecule has 1 saturated carbocycles. The van der Waals surface area contributed by atoms with Gasteiger partial charge in [-0.15, -0.1) is 0 Å². The zero-order chi connectivity index (χ0) is 18.2. The first-order valence-electron chi connectivity index (χ1n) is 9.60. The Morgan fingerprint density at radius 2 is 1.52 bits per heavy atom. The highest BCUT2D eigenvalue weighted by molar-refractivity contribution is 5.81. The summed E-state index contributed by atoms with van der Waals surface area (Å²) in [5.74, 6) is 0.993. The standard InChI is InChI=1S/C21H32N2O2/c1-15(2)13-14-22-20(24)18-9-11-19(12-10-18)21(25)23-16(3)17-7-5-4-6-8-17/h4-8,15-16,18-19H,9-14H2,1-3H3,(H,22,24)(H,23,25). The Balaban J connectivity index is 1.74. The molecular formula is C21H32N2O2. The summed E-state index contributed by atoms with van der Waals surface area (Å²) in [5, 5.41) is 6.16. The van der Waals surface area contributed by atoms with Gasteiger partial charge in [0.15, 0.2) is 0 Å². The van der Waals surface area contributed by atoms with Crippen molar-refractivity contribution in [3.8, 4) is 0 Å². The Kier molecular flexibility index (Phi) is 7.48. The lowest BCUT2D eigenvalue weighted by Gasteiger charge is -2.28. The van der Waals surface area contributed by atoms with Crippen molar-refractivity contribution in [1.82, 2.24) is 10.6 Å². The molecule has 2 N–H and O–H groups in total. The van der Waals surface area contributed by atoms with Crippen molar-refractivity contribution in [1.29, 1.82) is 0 Å². The highest BCUT2D eigenvalue weighted by Gasteiger charge is 2.30. The summed E-state index contributed by atoms with van der Waals surface area (Å²) < 4.78 is 0. The molecule has 1 aromatic carbocycles. The van der Waals surface area contributed by atoms with E-state index in [1.807, 2.05) is 37.3 Å². The fourth-order valence-corrected chi connectivity index (χ4v) is 3.40. The third-order valence-electron chi connectivity index (χ3n) is 5.15. The average molecular weight is 344 g/mol. The van der Waals surface area contributed by atoms with Gasteiger partial charge in [0.25, 0.3) is 0 Å². The molecule has 4 nitrogen and oxygen atoms in total. The summed E-state index contributed by atoms with van der Waals surface area (Å²) in [6.07, 6.45) is 4.24. The summed E-state index contributed by atoms with van der Waals surface area (Å²) in [7, 11) is 0. The predicted octanol–water partition coefficient (Wildman–Crippen LogP) is 3.83. The van der Waals surface area contributed by atoms with Crippen molar-refractivity contribution in [2.75, 3.05) is 6.54 Å². The summed E-state index contributed by atoms with van der Waals surface area (Å²) >= 11 is 0. The lowest BCUT2D eigenvalue weighted by molar-refractivity contribution is -0.130. The normalized spacial score (nSPS) is 21.6. The molecule has 1 aliphatic carbocycles. The van der Waals surface area contributed by atoms with Gasteiger partial charge in [0.1, 0.15) is 0 Å². The maximum Gasteiger partial charge on any atom is 0.223 e. The summed E-state index contributed by atoms with van der Waals surface area (Å²) in [5.41, 5.74) is 1.12. The van der Waals surface area contributed by atoms with E-state index in [1.54, 1.807) is 0 Å². The largest absolute Gasteiger partial charge is 0.356 e. The minimum absolute atomic E-state index is 0.0192. The highest BCUT2D eigenvalue weighted by Crippen LogP contribution is 2.29. The molecule has 0 bridgehead atoms. The summed E-state index contributed by atoms with van der Waals surface area (Å²) in [6, 6.07) is 10.0. The third kappa shape index (κ3) is 6.18. The zero-order valence-corrected chi connectivity index (χ0v) is 15.8. The molecule has 0 saturated heterocycles. The zero-order valence-electron chi connectivity index (χ0n) is 15.8. The van der Waals surface area contributed by atoms with Crippen molar-refractivity contribution >= 4 is 11.8 Å². The van der Waals surface area contributed by atoms with Gasteiger partial charge < -0.3 is 10.6 Å². The van der Waals surface area contributed by atoms with Crippen LogP contribution in [0.25, 0.3) is 0 Å². The number of carbonyl (C=O) groups excluding carboxylic acids is 2. The first-order chi connectivity index (χ1) is 12.0. The lowest BCUT2D eigenvalue weighted by Crippen LogP contribution is -2.38. The number of nitrogens with one attached hydrogen (secondary N) is 2. The van der Waals surface area contributed by atoms with Crippen LogP contribution in [0.15, 0.2) is 30.3 Å². The lowest BCUT2D eigenvalue weighted by atomic mass is 9.81. The van der Waals surface area contributed by atoms with Gasteiger partial charge in [-0.2, -0.15) is 0 Å². The van der Waals surface area contributed by atoms with E-state index >= 15 is 0 Å². The fourth-order valence-electron chi connectivity index (χ4n) is 3.40. The van der Waals surface area contributed by atoms with Crippen molar-refractivity contribution in [3.05, 3.63) is 35.9 Å². The highest BCUT2D eigenvalue weighted by atomic mass is 16.2. The molecule has 1 aromatic rings. The summed E-state index contributed by atoms with van der Waals surface area (Å²) in [4.78, 5) is 24.7. The van der Waals surface area contributed by atoms with Gasteiger partial charge in [-0.1, -0.05) is 44.2 Å². The molecule has 0 aliphatic heterocycles. The van der Waals surface area contributed by atoms with E-state index in [4.69, 9.17) is 0 Å². The Hall–Kier alpha value is -1.84. The third-order valence-corrected chi connectivity index (χ3v) is 5.15. The average Bonchev–Trinajstić information content (AvgIpc) is 2.62. The molecule has 1 atom stereocenters. The quantitative estimate of drug-likeness (QED) is 0.790. The van der Waals surface area contributed by atoms with Gasteiger partial charge in [0.05, 0.1) is 6.04 Å². The molecule has 0 spiro atoms. The van der Waals surface area contributed by atoms with Crippen LogP contribution in [0.3, 0.4) is 0 Å². The topological polar surface area (TPSA) is 58.2 Å². The van der Waals surface area contributed by atoms with Crippen LogP contribution in [-0.4, -0.2) is 18.4 Å². The van der Waals surface area contributed by atoms with Crippen LogP contribution in [0.2, 0.25) is 0 Å². The van der Waals surface area contributed by atoms with Crippen LogP contribution in [0.4, 0.5) is 0 Å². The minimum atomic E-state index is 0.0192. The predicted molar refractivity (Wildman–Crippen MR) is 101 cm³/mol. The minimum Gasteiger partial charge on any atom is -0.356 e. The number of benzene rings is 1. The van der Waals surface area contributed by atoms with Gasteiger partial charge in [-0.3, -0.25) is 9.59 Å². The second-order valence-corrected chi connectivity index (χ2v) is 7.66. The SMILES string of the molecule is CC(C)CCNC(=O)C1CCC(C(=O)NC(C)c2ccccc2)CC1. The molecule has 2 rings (SSSR count). The Labute approximate surface area is 151 Å². The van der Waals surface area contributed by atoms with Gasteiger partial charge in [-0.25, -0.2) is 0 Å². The number of carbonyl (C=O) groups is 2. The fraction of sp³-hybridized carbons (Fsp3) is 0.619. The van der Waals surface area contributed by atoms with E-state index in [9.17, 15) is 9.59 Å². The van der Waals surface area contributed by atoms with Gasteiger partial charge in [-0.05, 0) is 50.5 Å². The number of rotatable bonds is 7. The molecule has 1 aliphatic rings. The van der Waals surface area contributed by atoms with Crippen LogP contribution < -0.4 is 10.6 Å². The second-order valence-electron chi connectivity index (χ2n) is 7.66. The van der Waals surface area contributed by atoms with Crippen molar-refractivity contribution in [3.63, 3.8) is 0 Å². The molecule has 138 valence electrons. The van der Waals surface area contributed by atoms with Gasteiger partial charge >= 0.3 is 0 Å². The molecule has 4 heteroatoms. The van der Waals surface area contributed by atoms with Crippen LogP contribution >= 0.6 is 0 Å². The second kappa shape index (κ2) is 9.59. The van der Waals surface area contributed by atoms with Gasteiger partial charge in [0, 0.05) is 18.4 Å². The number of amides is 2. The number of hydrogen-bond acceptors (Lipinski definition) is 2. The monoisotopic (exact) mass is 344 g/mol. The molecular weight excluding hydrogens is 312 g/mol. The van der Waals surface area contributed by atoms with E-state index < -0.39 is 0 Å². The molecule has 25 heavy (non-hydrogen) atoms. The van der Waals surface area contributed by atoms with E-state index in [0.29, 0.717) is 5.92 Å². The first-order valence-corrected chi connectivity index (χ1v) is 9.60. The Bertz CT molecular complexity index is 548. The van der Waals surface area contributed by atoms with E-state index in [1.165, 1.54) is 0 Å². The molecule has 1 fully saturated rings. The van der Waals surface area contributed by atoms with E-state index in [-0.39, 0.29) is 29.7 Å². The van der Waals surface area contributed by atoms with E-state index in [2.05, 4.69) is 24.5 Å². The van der Waals surface area contributed by atoms with Crippen LogP contribution in [0.5, 0.6) is 0 Å². The summed E-state index contributed by atoms with van der Waals surface area (Å²) in [6.45, 7) is 7.09. The molecule has 0 radical (unpaired) electrons. The Morgan fingerprint density at radius 1 is 0.960 bits per heavy atom. The van der Waals surface area contributed by atoms with Crippen LogP contribution in [-0.2, 0) is 9.59 Å². The van der Waals surface area contributed by atoms with Crippen LogP contribution in [0.1, 0.15) is 64.5 Å². The molecule has 2 amide bonds. The van der Waals surface area contributed by atoms with Crippen LogP contribution in [0, 0.1) is 17.8 Å². The number of hydrogen-bond donors (Lipinski definition) is 2. The van der Waals surface area contributed by atoms with Crippen molar-refractivity contribution in [2.45, 2.75) is 58.9 Å². The molecule has 0 heterocycles. The first kappa shape index (κ1) is 19.5. The van der Waals surface area contributed by atoms with Gasteiger partial charge in [0.2, 0.25) is 11.8 Å². The molecule has 1 unspecified atom stereocenters. The maximum atomic E-state index is 12.5. The Morgan fingerprint density at radius 3 is 2.08 bits per heavy atom. The van der Waals surface area contributed by atoms with Crippen molar-refractivity contribution in [2.24, 2.45) is 17.8 Å². The molecule has 0 aromatic heterocycles. The van der Waals surface area contributed by atoms with E-state index in [0.717, 1.165) is 44.2 Å². The van der Waals surface area contributed by atoms with Crippen molar-refractivity contribution < 1.29 is 9.59 Å². The maximum absolute atomic E-state index is 12.5.